The number of aryl methyl sites for hydroxylation is 3. The lowest BCUT2D eigenvalue weighted by Crippen LogP contribution is -2.21. The second-order valence-electron chi connectivity index (χ2n) is 5.53. The van der Waals surface area contributed by atoms with Gasteiger partial charge < -0.3 is 15.0 Å². The third-order valence-corrected chi connectivity index (χ3v) is 3.84. The fourth-order valence-corrected chi connectivity index (χ4v) is 2.36. The van der Waals surface area contributed by atoms with Crippen molar-refractivity contribution in [2.45, 2.75) is 53.2 Å². The fourth-order valence-electron chi connectivity index (χ4n) is 2.36. The quantitative estimate of drug-likeness (QED) is 0.884. The average Bonchev–Trinajstić information content (AvgIpc) is 2.77. The highest BCUT2D eigenvalue weighted by Gasteiger charge is 2.14. The van der Waals surface area contributed by atoms with Crippen molar-refractivity contribution in [3.8, 4) is 5.75 Å². The van der Waals surface area contributed by atoms with Crippen molar-refractivity contribution in [2.75, 3.05) is 0 Å². The van der Waals surface area contributed by atoms with Gasteiger partial charge in [-0.2, -0.15) is 0 Å². The molecule has 0 fully saturated rings. The van der Waals surface area contributed by atoms with E-state index in [1.807, 2.05) is 13.8 Å². The molecule has 1 aromatic heterocycles. The topological polar surface area (TPSA) is 61.3 Å². The third kappa shape index (κ3) is 3.64. The first-order chi connectivity index (χ1) is 10.0. The monoisotopic (exact) mass is 288 g/mol. The van der Waals surface area contributed by atoms with Crippen LogP contribution in [0.2, 0.25) is 0 Å². The van der Waals surface area contributed by atoms with Crippen LogP contribution in [0.5, 0.6) is 5.75 Å². The molecule has 114 valence electrons. The molecule has 0 aliphatic heterocycles. The number of nitrogens with two attached hydrogens (primary N) is 1. The Labute approximate surface area is 126 Å². The van der Waals surface area contributed by atoms with Gasteiger partial charge in [0.25, 0.3) is 0 Å². The molecular formula is C17H24N2O2. The summed E-state index contributed by atoms with van der Waals surface area (Å²) in [6.07, 6.45) is 1.78. The van der Waals surface area contributed by atoms with Crippen molar-refractivity contribution in [3.63, 3.8) is 0 Å². The molecule has 4 nitrogen and oxygen atoms in total. The van der Waals surface area contributed by atoms with Gasteiger partial charge in [-0.05, 0) is 44.7 Å². The van der Waals surface area contributed by atoms with Crippen molar-refractivity contribution < 1.29 is 9.26 Å². The Bertz CT molecular complexity index is 585. The zero-order valence-corrected chi connectivity index (χ0v) is 13.3. The van der Waals surface area contributed by atoms with Crippen molar-refractivity contribution in [3.05, 3.63) is 46.3 Å². The summed E-state index contributed by atoms with van der Waals surface area (Å²) < 4.78 is 11.2. The summed E-state index contributed by atoms with van der Waals surface area (Å²) in [5.74, 6) is 1.74. The molecule has 4 heteroatoms. The predicted molar refractivity (Wildman–Crippen MR) is 83.5 cm³/mol. The van der Waals surface area contributed by atoms with Gasteiger partial charge in [0.15, 0.2) is 0 Å². The van der Waals surface area contributed by atoms with Gasteiger partial charge >= 0.3 is 0 Å². The van der Waals surface area contributed by atoms with Gasteiger partial charge in [0.1, 0.15) is 18.1 Å². The number of ether oxygens (including phenoxy) is 1. The van der Waals surface area contributed by atoms with E-state index in [1.165, 1.54) is 0 Å². The second kappa shape index (κ2) is 6.76. The molecule has 1 atom stereocenters. The van der Waals surface area contributed by atoms with E-state index in [2.05, 4.69) is 37.2 Å². The lowest BCUT2D eigenvalue weighted by molar-refractivity contribution is 0.296. The molecular weight excluding hydrogens is 264 g/mol. The van der Waals surface area contributed by atoms with Gasteiger partial charge in [-0.15, -0.1) is 0 Å². The molecule has 1 heterocycles. The minimum Gasteiger partial charge on any atom is -0.488 e. The maximum Gasteiger partial charge on any atom is 0.140 e. The molecule has 2 aromatic rings. The summed E-state index contributed by atoms with van der Waals surface area (Å²) in [7, 11) is 0. The molecule has 0 radical (unpaired) electrons. The van der Waals surface area contributed by atoms with Gasteiger partial charge in [0.2, 0.25) is 0 Å². The smallest absolute Gasteiger partial charge is 0.140 e. The maximum absolute atomic E-state index is 6.08. The molecule has 0 saturated heterocycles. The van der Waals surface area contributed by atoms with E-state index in [0.717, 1.165) is 46.7 Å². The number of rotatable bonds is 6. The molecule has 0 aliphatic rings. The van der Waals surface area contributed by atoms with Crippen LogP contribution in [-0.2, 0) is 13.0 Å². The predicted octanol–water partition coefficient (Wildman–Crippen LogP) is 3.46. The standard InChI is InChI=1S/C17H24N2O2/c1-5-15(18)9-14-8-6-7-11(2)17(14)20-10-16-12(3)19-21-13(16)4/h6-8,15H,5,9-10,18H2,1-4H3. The van der Waals surface area contributed by atoms with Crippen LogP contribution in [0.3, 0.4) is 0 Å². The van der Waals surface area contributed by atoms with Crippen LogP contribution < -0.4 is 10.5 Å². The highest BCUT2D eigenvalue weighted by Crippen LogP contribution is 2.26. The molecule has 0 amide bonds. The lowest BCUT2D eigenvalue weighted by atomic mass is 10.0. The first kappa shape index (κ1) is 15.6. The third-order valence-electron chi connectivity index (χ3n) is 3.84. The summed E-state index contributed by atoms with van der Waals surface area (Å²) in [6.45, 7) is 8.47. The highest BCUT2D eigenvalue weighted by atomic mass is 16.5. The minimum atomic E-state index is 0.160. The number of hydrogen-bond donors (Lipinski definition) is 1. The van der Waals surface area contributed by atoms with Crippen LogP contribution in [0.1, 0.15) is 41.5 Å². The summed E-state index contributed by atoms with van der Waals surface area (Å²) >= 11 is 0. The van der Waals surface area contributed by atoms with E-state index in [4.69, 9.17) is 15.0 Å². The van der Waals surface area contributed by atoms with E-state index in [1.54, 1.807) is 0 Å². The molecule has 21 heavy (non-hydrogen) atoms. The molecule has 0 bridgehead atoms. The molecule has 0 spiro atoms. The number of para-hydroxylation sites is 1. The Morgan fingerprint density at radius 3 is 2.67 bits per heavy atom. The summed E-state index contributed by atoms with van der Waals surface area (Å²) in [5, 5.41) is 3.96. The van der Waals surface area contributed by atoms with Crippen LogP contribution >= 0.6 is 0 Å². The lowest BCUT2D eigenvalue weighted by Gasteiger charge is -2.16. The fraction of sp³-hybridized carbons (Fsp3) is 0.471. The Kier molecular flexibility index (Phi) is 5.02. The summed E-state index contributed by atoms with van der Waals surface area (Å²) in [6, 6.07) is 6.36. The van der Waals surface area contributed by atoms with Gasteiger partial charge in [0.05, 0.1) is 11.3 Å². The molecule has 1 unspecified atom stereocenters. The van der Waals surface area contributed by atoms with Crippen molar-refractivity contribution in [1.29, 1.82) is 0 Å². The van der Waals surface area contributed by atoms with Crippen LogP contribution in [0, 0.1) is 20.8 Å². The first-order valence-corrected chi connectivity index (χ1v) is 7.41. The Morgan fingerprint density at radius 2 is 2.05 bits per heavy atom. The number of hydrogen-bond acceptors (Lipinski definition) is 4. The van der Waals surface area contributed by atoms with Crippen LogP contribution in [-0.4, -0.2) is 11.2 Å². The number of aromatic nitrogens is 1. The first-order valence-electron chi connectivity index (χ1n) is 7.41. The van der Waals surface area contributed by atoms with E-state index < -0.39 is 0 Å². The van der Waals surface area contributed by atoms with Crippen LogP contribution in [0.4, 0.5) is 0 Å². The highest BCUT2D eigenvalue weighted by molar-refractivity contribution is 5.41. The summed E-state index contributed by atoms with van der Waals surface area (Å²) in [5.41, 5.74) is 10.3. The van der Waals surface area contributed by atoms with E-state index in [0.29, 0.717) is 6.61 Å². The number of nitrogens with zero attached hydrogens (tertiary/aromatic N) is 1. The van der Waals surface area contributed by atoms with E-state index in [9.17, 15) is 0 Å². The Balaban J connectivity index is 2.19. The zero-order valence-electron chi connectivity index (χ0n) is 13.3. The van der Waals surface area contributed by atoms with Gasteiger partial charge in [-0.1, -0.05) is 30.3 Å². The Hall–Kier alpha value is -1.81. The van der Waals surface area contributed by atoms with E-state index >= 15 is 0 Å². The molecule has 0 saturated carbocycles. The second-order valence-corrected chi connectivity index (χ2v) is 5.53. The average molecular weight is 288 g/mol. The van der Waals surface area contributed by atoms with Gasteiger partial charge in [-0.3, -0.25) is 0 Å². The number of benzene rings is 1. The minimum absolute atomic E-state index is 0.160. The normalized spacial score (nSPS) is 12.4. The van der Waals surface area contributed by atoms with Crippen molar-refractivity contribution >= 4 is 0 Å². The van der Waals surface area contributed by atoms with Crippen LogP contribution in [0.25, 0.3) is 0 Å². The summed E-state index contributed by atoms with van der Waals surface area (Å²) in [4.78, 5) is 0. The van der Waals surface area contributed by atoms with E-state index in [-0.39, 0.29) is 6.04 Å². The van der Waals surface area contributed by atoms with Gasteiger partial charge in [0, 0.05) is 6.04 Å². The Morgan fingerprint density at radius 1 is 1.29 bits per heavy atom. The molecule has 2 rings (SSSR count). The largest absolute Gasteiger partial charge is 0.488 e. The molecule has 1 aromatic carbocycles. The SMILES string of the molecule is CCC(N)Cc1cccc(C)c1OCc1c(C)noc1C. The van der Waals surface area contributed by atoms with Crippen molar-refractivity contribution in [2.24, 2.45) is 5.73 Å². The van der Waals surface area contributed by atoms with Crippen LogP contribution in [0.15, 0.2) is 22.7 Å². The van der Waals surface area contributed by atoms with Crippen molar-refractivity contribution in [1.82, 2.24) is 5.16 Å². The maximum atomic E-state index is 6.08. The zero-order chi connectivity index (χ0) is 15.4. The molecule has 0 aliphatic carbocycles. The molecule has 2 N–H and O–H groups in total. The van der Waals surface area contributed by atoms with Gasteiger partial charge in [-0.25, -0.2) is 0 Å².